The second-order valence-electron chi connectivity index (χ2n) is 5.65. The molecule has 24 heavy (non-hydrogen) atoms. The van der Waals surface area contributed by atoms with Gasteiger partial charge in [-0.15, -0.1) is 0 Å². The van der Waals surface area contributed by atoms with Crippen molar-refractivity contribution < 1.29 is 9.59 Å². The Bertz CT molecular complexity index is 794. The number of amides is 2. The van der Waals surface area contributed by atoms with E-state index in [9.17, 15) is 9.59 Å². The van der Waals surface area contributed by atoms with Gasteiger partial charge in [0.15, 0.2) is 0 Å². The number of carbonyl (C=O) groups is 2. The Hall–Kier alpha value is -3.20. The molecule has 0 fully saturated rings. The number of hydrogen-bond acceptors (Lipinski definition) is 4. The fourth-order valence-corrected chi connectivity index (χ4v) is 1.97. The molecule has 2 amide bonds. The third-order valence-electron chi connectivity index (χ3n) is 3.22. The highest BCUT2D eigenvalue weighted by atomic mass is 16.2. The number of para-hydroxylation sites is 1. The third kappa shape index (κ3) is 4.40. The average molecular weight is 322 g/mol. The van der Waals surface area contributed by atoms with Crippen LogP contribution in [-0.4, -0.2) is 23.3 Å². The SMILES string of the molecule is CC(C)CNC(=O)c1cc(C(=O)Nc2ccccc2C#N)ccn1. The van der Waals surface area contributed by atoms with Gasteiger partial charge >= 0.3 is 0 Å². The van der Waals surface area contributed by atoms with Crippen LogP contribution in [0.15, 0.2) is 42.6 Å². The van der Waals surface area contributed by atoms with Crippen molar-refractivity contribution in [2.45, 2.75) is 13.8 Å². The summed E-state index contributed by atoms with van der Waals surface area (Å²) in [6, 6.07) is 11.7. The van der Waals surface area contributed by atoms with Gasteiger partial charge in [0.25, 0.3) is 11.8 Å². The first-order valence-electron chi connectivity index (χ1n) is 7.56. The summed E-state index contributed by atoms with van der Waals surface area (Å²) >= 11 is 0. The van der Waals surface area contributed by atoms with Crippen molar-refractivity contribution in [3.05, 3.63) is 59.4 Å². The maximum atomic E-state index is 12.3. The summed E-state index contributed by atoms with van der Waals surface area (Å²) in [4.78, 5) is 28.4. The second kappa shape index (κ2) is 7.88. The normalized spacial score (nSPS) is 10.1. The lowest BCUT2D eigenvalue weighted by molar-refractivity contribution is 0.0944. The third-order valence-corrected chi connectivity index (χ3v) is 3.22. The Labute approximate surface area is 140 Å². The van der Waals surface area contributed by atoms with Crippen molar-refractivity contribution >= 4 is 17.5 Å². The van der Waals surface area contributed by atoms with Crippen LogP contribution in [0.25, 0.3) is 0 Å². The van der Waals surface area contributed by atoms with Gasteiger partial charge in [-0.25, -0.2) is 0 Å². The fourth-order valence-electron chi connectivity index (χ4n) is 1.97. The average Bonchev–Trinajstić information content (AvgIpc) is 2.60. The first-order valence-corrected chi connectivity index (χ1v) is 7.56. The topological polar surface area (TPSA) is 94.9 Å². The van der Waals surface area contributed by atoms with Crippen molar-refractivity contribution in [2.24, 2.45) is 5.92 Å². The summed E-state index contributed by atoms with van der Waals surface area (Å²) in [6.45, 7) is 4.51. The van der Waals surface area contributed by atoms with Crippen molar-refractivity contribution in [1.82, 2.24) is 10.3 Å². The molecule has 1 aromatic heterocycles. The summed E-state index contributed by atoms with van der Waals surface area (Å²) in [5, 5.41) is 14.5. The molecule has 6 nitrogen and oxygen atoms in total. The van der Waals surface area contributed by atoms with Crippen molar-refractivity contribution in [3.8, 4) is 6.07 Å². The van der Waals surface area contributed by atoms with Gasteiger partial charge in [0.1, 0.15) is 11.8 Å². The minimum atomic E-state index is -0.405. The van der Waals surface area contributed by atoms with E-state index < -0.39 is 5.91 Å². The standard InChI is InChI=1S/C18H18N4O2/c1-12(2)11-21-18(24)16-9-13(7-8-20-16)17(23)22-15-6-4-3-5-14(15)10-19/h3-9,12H,11H2,1-2H3,(H,21,24)(H,22,23). The quantitative estimate of drug-likeness (QED) is 0.884. The van der Waals surface area contributed by atoms with Gasteiger partial charge in [-0.3, -0.25) is 14.6 Å². The van der Waals surface area contributed by atoms with E-state index in [4.69, 9.17) is 5.26 Å². The van der Waals surface area contributed by atoms with Crippen LogP contribution in [0.2, 0.25) is 0 Å². The molecule has 2 N–H and O–H groups in total. The van der Waals surface area contributed by atoms with Gasteiger partial charge in [0.05, 0.1) is 11.3 Å². The molecule has 2 rings (SSSR count). The first-order chi connectivity index (χ1) is 11.5. The van der Waals surface area contributed by atoms with Gasteiger partial charge in [0.2, 0.25) is 0 Å². The zero-order chi connectivity index (χ0) is 17.5. The van der Waals surface area contributed by atoms with Gasteiger partial charge in [-0.1, -0.05) is 26.0 Å². The molecule has 0 atom stereocenters. The van der Waals surface area contributed by atoms with E-state index in [1.807, 2.05) is 19.9 Å². The van der Waals surface area contributed by atoms with E-state index >= 15 is 0 Å². The molecule has 2 aromatic rings. The summed E-state index contributed by atoms with van der Waals surface area (Å²) in [7, 11) is 0. The molecule has 0 aliphatic carbocycles. The van der Waals surface area contributed by atoms with Crippen LogP contribution in [0, 0.1) is 17.2 Å². The van der Waals surface area contributed by atoms with E-state index in [1.165, 1.54) is 18.3 Å². The highest BCUT2D eigenvalue weighted by molar-refractivity contribution is 6.06. The number of carbonyl (C=O) groups excluding carboxylic acids is 2. The Morgan fingerprint density at radius 2 is 1.96 bits per heavy atom. The number of nitriles is 1. The van der Waals surface area contributed by atoms with Crippen LogP contribution in [0.5, 0.6) is 0 Å². The lowest BCUT2D eigenvalue weighted by Crippen LogP contribution is -2.28. The molecule has 122 valence electrons. The first kappa shape index (κ1) is 17.2. The summed E-state index contributed by atoms with van der Waals surface area (Å²) in [5.41, 5.74) is 1.27. The summed E-state index contributed by atoms with van der Waals surface area (Å²) in [5.74, 6) is -0.406. The highest BCUT2D eigenvalue weighted by Gasteiger charge is 2.13. The molecule has 0 aliphatic heterocycles. The minimum absolute atomic E-state index is 0.178. The molecule has 0 aliphatic rings. The molecule has 0 radical (unpaired) electrons. The molecule has 0 saturated carbocycles. The van der Waals surface area contributed by atoms with Crippen molar-refractivity contribution in [2.75, 3.05) is 11.9 Å². The minimum Gasteiger partial charge on any atom is -0.350 e. The van der Waals surface area contributed by atoms with E-state index in [1.54, 1.807) is 24.3 Å². The Kier molecular flexibility index (Phi) is 5.63. The molecule has 6 heteroatoms. The Balaban J connectivity index is 2.14. The second-order valence-corrected chi connectivity index (χ2v) is 5.65. The van der Waals surface area contributed by atoms with Crippen LogP contribution in [0.1, 0.15) is 40.3 Å². The van der Waals surface area contributed by atoms with Gasteiger partial charge < -0.3 is 10.6 Å². The smallest absolute Gasteiger partial charge is 0.269 e. The van der Waals surface area contributed by atoms with E-state index in [-0.39, 0.29) is 11.6 Å². The number of hydrogen-bond donors (Lipinski definition) is 2. The number of aromatic nitrogens is 1. The maximum Gasteiger partial charge on any atom is 0.269 e. The zero-order valence-electron chi connectivity index (χ0n) is 13.5. The van der Waals surface area contributed by atoms with Crippen LogP contribution in [0.4, 0.5) is 5.69 Å². The summed E-state index contributed by atoms with van der Waals surface area (Å²) < 4.78 is 0. The number of anilines is 1. The number of benzene rings is 1. The molecule has 0 unspecified atom stereocenters. The van der Waals surface area contributed by atoms with E-state index in [2.05, 4.69) is 15.6 Å². The molecular formula is C18H18N4O2. The fraction of sp³-hybridized carbons (Fsp3) is 0.222. The van der Waals surface area contributed by atoms with Crippen LogP contribution in [0.3, 0.4) is 0 Å². The molecular weight excluding hydrogens is 304 g/mol. The van der Waals surface area contributed by atoms with Crippen LogP contribution >= 0.6 is 0 Å². The lowest BCUT2D eigenvalue weighted by Gasteiger charge is -2.09. The maximum absolute atomic E-state index is 12.3. The number of pyridine rings is 1. The molecule has 1 heterocycles. The molecule has 0 spiro atoms. The van der Waals surface area contributed by atoms with Gasteiger partial charge in [0, 0.05) is 18.3 Å². The predicted octanol–water partition coefficient (Wildman–Crippen LogP) is 2.59. The molecule has 1 aromatic carbocycles. The predicted molar refractivity (Wildman–Crippen MR) is 90.5 cm³/mol. The largest absolute Gasteiger partial charge is 0.350 e. The van der Waals surface area contributed by atoms with Crippen molar-refractivity contribution in [1.29, 1.82) is 5.26 Å². The number of nitrogens with zero attached hydrogens (tertiary/aromatic N) is 2. The van der Waals surface area contributed by atoms with Crippen LogP contribution in [-0.2, 0) is 0 Å². The number of rotatable bonds is 5. The molecule has 0 bridgehead atoms. The van der Waals surface area contributed by atoms with Gasteiger partial charge in [-0.05, 0) is 30.2 Å². The monoisotopic (exact) mass is 322 g/mol. The number of nitrogens with one attached hydrogen (secondary N) is 2. The summed E-state index contributed by atoms with van der Waals surface area (Å²) in [6.07, 6.45) is 1.41. The van der Waals surface area contributed by atoms with Gasteiger partial charge in [-0.2, -0.15) is 5.26 Å². The molecule has 0 saturated heterocycles. The Morgan fingerprint density at radius 1 is 1.21 bits per heavy atom. The van der Waals surface area contributed by atoms with E-state index in [0.717, 1.165) is 0 Å². The highest BCUT2D eigenvalue weighted by Crippen LogP contribution is 2.15. The van der Waals surface area contributed by atoms with Crippen LogP contribution < -0.4 is 10.6 Å². The Morgan fingerprint density at radius 3 is 2.67 bits per heavy atom. The lowest BCUT2D eigenvalue weighted by atomic mass is 10.1. The zero-order valence-corrected chi connectivity index (χ0v) is 13.5. The van der Waals surface area contributed by atoms with Crippen molar-refractivity contribution in [3.63, 3.8) is 0 Å². The van der Waals surface area contributed by atoms with E-state index in [0.29, 0.717) is 29.3 Å².